The molecule has 1 heterocycles. The van der Waals surface area contributed by atoms with Crippen molar-refractivity contribution in [3.63, 3.8) is 0 Å². The van der Waals surface area contributed by atoms with Crippen molar-refractivity contribution in [1.82, 2.24) is 5.32 Å². The highest BCUT2D eigenvalue weighted by atomic mass is 32.2. The van der Waals surface area contributed by atoms with Gasteiger partial charge in [0.15, 0.2) is 0 Å². The number of hydrogen-bond acceptors (Lipinski definition) is 2. The molecule has 1 radical (unpaired) electrons. The van der Waals surface area contributed by atoms with Gasteiger partial charge in [-0.25, -0.2) is 0 Å². The van der Waals surface area contributed by atoms with E-state index in [0.717, 1.165) is 6.54 Å². The Labute approximate surface area is 55.2 Å². The van der Waals surface area contributed by atoms with Gasteiger partial charge in [0.25, 0.3) is 0 Å². The molecule has 1 N–H and O–H groups in total. The lowest BCUT2D eigenvalue weighted by atomic mass is 10.3. The maximum atomic E-state index is 3.24. The van der Waals surface area contributed by atoms with E-state index in [1.165, 1.54) is 24.3 Å². The largest absolute Gasteiger partial charge is 0.312 e. The summed E-state index contributed by atoms with van der Waals surface area (Å²) in [4.78, 5) is 0. The summed E-state index contributed by atoms with van der Waals surface area (Å²) in [6, 6.07) is 0. The average Bonchev–Trinajstić information content (AvgIpc) is 1.62. The van der Waals surface area contributed by atoms with E-state index < -0.39 is 0 Å². The van der Waals surface area contributed by atoms with E-state index in [9.17, 15) is 0 Å². The third-order valence-electron chi connectivity index (χ3n) is 1.17. The molecule has 0 aliphatic carbocycles. The number of rotatable bonds is 0. The van der Waals surface area contributed by atoms with Crippen LogP contribution in [0.1, 0.15) is 12.8 Å². The van der Waals surface area contributed by atoms with Crippen LogP contribution in [-0.2, 0) is 0 Å². The molecule has 0 spiro atoms. The van der Waals surface area contributed by atoms with Crippen molar-refractivity contribution in [3.8, 4) is 0 Å². The molecule has 0 amide bonds. The molecule has 8 heavy (non-hydrogen) atoms. The summed E-state index contributed by atoms with van der Waals surface area (Å²) in [6.07, 6.45) is 2.59. The Balaban J connectivity index is 2.00. The van der Waals surface area contributed by atoms with Crippen LogP contribution in [0.25, 0.3) is 0 Å². The fraction of sp³-hybridized carbons (Fsp3) is 0.833. The molecule has 0 bridgehead atoms. The van der Waals surface area contributed by atoms with E-state index >= 15 is 0 Å². The molecule has 1 saturated heterocycles. The van der Waals surface area contributed by atoms with E-state index in [4.69, 9.17) is 0 Å². The minimum Gasteiger partial charge on any atom is -0.312 e. The minimum atomic E-state index is 1.16. The SMILES string of the molecule is [CH]1CCCSCCN1. The smallest absolute Gasteiger partial charge is 0.0221 e. The number of nitrogens with one attached hydrogen (secondary N) is 1. The van der Waals surface area contributed by atoms with Crippen LogP contribution in [0, 0.1) is 6.54 Å². The Kier molecular flexibility index (Phi) is 3.39. The summed E-state index contributed by atoms with van der Waals surface area (Å²) in [5, 5.41) is 3.24. The van der Waals surface area contributed by atoms with Crippen LogP contribution in [0.4, 0.5) is 0 Å². The summed E-state index contributed by atoms with van der Waals surface area (Å²) in [6.45, 7) is 3.34. The predicted molar refractivity (Wildman–Crippen MR) is 38.9 cm³/mol. The van der Waals surface area contributed by atoms with E-state index in [0.29, 0.717) is 0 Å². The lowest BCUT2D eigenvalue weighted by Gasteiger charge is -2.07. The topological polar surface area (TPSA) is 12.0 Å². The van der Waals surface area contributed by atoms with Gasteiger partial charge in [-0.1, -0.05) is 0 Å². The zero-order chi connectivity index (χ0) is 5.66. The molecule has 0 aromatic carbocycles. The first-order valence-corrected chi connectivity index (χ1v) is 4.28. The van der Waals surface area contributed by atoms with Crippen LogP contribution in [0.2, 0.25) is 0 Å². The maximum absolute atomic E-state index is 3.24. The van der Waals surface area contributed by atoms with Crippen LogP contribution in [-0.4, -0.2) is 18.1 Å². The van der Waals surface area contributed by atoms with Gasteiger partial charge in [0.1, 0.15) is 0 Å². The predicted octanol–water partition coefficient (Wildman–Crippen LogP) is 1.26. The van der Waals surface area contributed by atoms with Crippen molar-refractivity contribution in [2.24, 2.45) is 0 Å². The Morgan fingerprint density at radius 2 is 2.38 bits per heavy atom. The van der Waals surface area contributed by atoms with Gasteiger partial charge >= 0.3 is 0 Å². The van der Waals surface area contributed by atoms with Gasteiger partial charge in [-0.15, -0.1) is 0 Å². The third kappa shape index (κ3) is 2.58. The number of thioether (sulfide) groups is 1. The van der Waals surface area contributed by atoms with Crippen LogP contribution in [0.5, 0.6) is 0 Å². The van der Waals surface area contributed by atoms with Crippen LogP contribution >= 0.6 is 11.8 Å². The lowest BCUT2D eigenvalue weighted by Crippen LogP contribution is -2.15. The Bertz CT molecular complexity index is 32.5. The first-order chi connectivity index (χ1) is 4.00. The molecule has 1 aliphatic heterocycles. The fourth-order valence-electron chi connectivity index (χ4n) is 0.725. The van der Waals surface area contributed by atoms with Crippen molar-refractivity contribution >= 4 is 11.8 Å². The Hall–Kier alpha value is 0.310. The molecule has 1 aliphatic rings. The van der Waals surface area contributed by atoms with Crippen molar-refractivity contribution in [3.05, 3.63) is 6.54 Å². The zero-order valence-electron chi connectivity index (χ0n) is 5.02. The second-order valence-electron chi connectivity index (χ2n) is 1.91. The molecule has 1 rings (SSSR count). The monoisotopic (exact) mass is 130 g/mol. The highest BCUT2D eigenvalue weighted by Gasteiger charge is 1.94. The maximum Gasteiger partial charge on any atom is 0.0221 e. The van der Waals surface area contributed by atoms with Gasteiger partial charge in [0, 0.05) is 18.8 Å². The standard InChI is InChI=1S/C6H12NS/c1-2-5-8-6-4-7-3-1/h3,7H,1-2,4-6H2. The molecule has 1 fully saturated rings. The molecule has 0 aromatic rings. The van der Waals surface area contributed by atoms with Gasteiger partial charge in [-0.05, 0) is 18.6 Å². The third-order valence-corrected chi connectivity index (χ3v) is 2.24. The van der Waals surface area contributed by atoms with E-state index in [2.05, 4.69) is 11.9 Å². The molecule has 47 valence electrons. The second-order valence-corrected chi connectivity index (χ2v) is 3.14. The van der Waals surface area contributed by atoms with Crippen molar-refractivity contribution in [2.75, 3.05) is 18.1 Å². The molecule has 0 unspecified atom stereocenters. The van der Waals surface area contributed by atoms with Crippen LogP contribution in [0.3, 0.4) is 0 Å². The zero-order valence-corrected chi connectivity index (χ0v) is 5.84. The molecular weight excluding hydrogens is 118 g/mol. The molecule has 0 aromatic heterocycles. The summed E-state index contributed by atoms with van der Waals surface area (Å²) >= 11 is 2.05. The Morgan fingerprint density at radius 3 is 3.38 bits per heavy atom. The van der Waals surface area contributed by atoms with Gasteiger partial charge < -0.3 is 5.32 Å². The highest BCUT2D eigenvalue weighted by molar-refractivity contribution is 7.99. The molecule has 1 nitrogen and oxygen atoms in total. The quantitative estimate of drug-likeness (QED) is 0.530. The van der Waals surface area contributed by atoms with Gasteiger partial charge in [-0.2, -0.15) is 11.8 Å². The highest BCUT2D eigenvalue weighted by Crippen LogP contribution is 2.06. The Morgan fingerprint density at radius 1 is 1.38 bits per heavy atom. The second kappa shape index (κ2) is 4.21. The van der Waals surface area contributed by atoms with Crippen molar-refractivity contribution in [2.45, 2.75) is 12.8 Å². The number of hydrogen-bond donors (Lipinski definition) is 1. The van der Waals surface area contributed by atoms with Crippen LogP contribution in [0.15, 0.2) is 0 Å². The molecule has 0 saturated carbocycles. The van der Waals surface area contributed by atoms with Crippen molar-refractivity contribution < 1.29 is 0 Å². The normalized spacial score (nSPS) is 24.0. The molecule has 2 heteroatoms. The van der Waals surface area contributed by atoms with Gasteiger partial charge in [0.2, 0.25) is 0 Å². The average molecular weight is 130 g/mol. The van der Waals surface area contributed by atoms with E-state index in [-0.39, 0.29) is 0 Å². The lowest BCUT2D eigenvalue weighted by molar-refractivity contribution is 0.749. The van der Waals surface area contributed by atoms with Gasteiger partial charge in [-0.3, -0.25) is 0 Å². The summed E-state index contributed by atoms with van der Waals surface area (Å²) in [5.41, 5.74) is 0. The fourth-order valence-corrected chi connectivity index (χ4v) is 1.56. The minimum absolute atomic E-state index is 1.16. The molecule has 0 atom stereocenters. The molecular formula is C6H12NS. The van der Waals surface area contributed by atoms with E-state index in [1.54, 1.807) is 0 Å². The summed E-state index contributed by atoms with van der Waals surface area (Å²) < 4.78 is 0. The first-order valence-electron chi connectivity index (χ1n) is 3.13. The summed E-state index contributed by atoms with van der Waals surface area (Å²) in [7, 11) is 0. The van der Waals surface area contributed by atoms with Gasteiger partial charge in [0.05, 0.1) is 0 Å². The van der Waals surface area contributed by atoms with E-state index in [1.807, 2.05) is 11.8 Å². The van der Waals surface area contributed by atoms with Crippen LogP contribution < -0.4 is 5.32 Å². The first kappa shape index (κ1) is 6.43. The van der Waals surface area contributed by atoms with Crippen molar-refractivity contribution in [1.29, 1.82) is 0 Å². The summed E-state index contributed by atoms with van der Waals surface area (Å²) in [5.74, 6) is 2.62.